The third-order valence-electron chi connectivity index (χ3n) is 6.80. The maximum atomic E-state index is 13.6. The van der Waals surface area contributed by atoms with Crippen molar-refractivity contribution in [2.24, 2.45) is 0 Å². The predicted molar refractivity (Wildman–Crippen MR) is 137 cm³/mol. The molecule has 2 heterocycles. The Balaban J connectivity index is 1.58. The van der Waals surface area contributed by atoms with Gasteiger partial charge in [-0.2, -0.15) is 0 Å². The fourth-order valence-corrected chi connectivity index (χ4v) is 5.10. The second-order valence-corrected chi connectivity index (χ2v) is 9.04. The van der Waals surface area contributed by atoms with Crippen molar-refractivity contribution in [3.05, 3.63) is 93.0 Å². The zero-order chi connectivity index (χ0) is 28.9. The van der Waals surface area contributed by atoms with Gasteiger partial charge in [-0.3, -0.25) is 19.2 Å². The Kier molecular flexibility index (Phi) is 6.49. The average molecular weight is 544 g/mol. The van der Waals surface area contributed by atoms with Crippen LogP contribution in [0.5, 0.6) is 0 Å². The summed E-state index contributed by atoms with van der Waals surface area (Å²) in [5.74, 6) is -5.81. The summed E-state index contributed by atoms with van der Waals surface area (Å²) in [5, 5.41) is 38.1. The highest BCUT2D eigenvalue weighted by molar-refractivity contribution is 6.37. The number of aliphatic hydroxyl groups excluding tert-OH is 2. The molecule has 12 nitrogen and oxygen atoms in total. The van der Waals surface area contributed by atoms with Gasteiger partial charge in [-0.15, -0.1) is 0 Å². The van der Waals surface area contributed by atoms with Crippen LogP contribution in [0.25, 0.3) is 0 Å². The summed E-state index contributed by atoms with van der Waals surface area (Å²) in [6, 6.07) is 10.2. The number of rotatable bonds is 8. The summed E-state index contributed by atoms with van der Waals surface area (Å²) in [6.45, 7) is -0.921. The van der Waals surface area contributed by atoms with E-state index in [-0.39, 0.29) is 68.7 Å². The van der Waals surface area contributed by atoms with Gasteiger partial charge in [-0.05, 0) is 66.4 Å². The van der Waals surface area contributed by atoms with Gasteiger partial charge in [0.15, 0.2) is 0 Å². The van der Waals surface area contributed by atoms with Crippen molar-refractivity contribution in [2.75, 3.05) is 23.0 Å². The first-order valence-corrected chi connectivity index (χ1v) is 12.0. The maximum absolute atomic E-state index is 13.6. The van der Waals surface area contributed by atoms with E-state index in [4.69, 9.17) is 0 Å². The summed E-state index contributed by atoms with van der Waals surface area (Å²) < 4.78 is 0. The van der Waals surface area contributed by atoms with Crippen LogP contribution in [0.15, 0.2) is 48.5 Å². The Morgan fingerprint density at radius 3 is 1.85 bits per heavy atom. The van der Waals surface area contributed by atoms with Crippen LogP contribution in [-0.4, -0.2) is 69.2 Å². The van der Waals surface area contributed by atoms with Gasteiger partial charge >= 0.3 is 11.9 Å². The maximum Gasteiger partial charge on any atom is 0.336 e. The van der Waals surface area contributed by atoms with Crippen molar-refractivity contribution in [3.63, 3.8) is 0 Å². The molecule has 0 unspecified atom stereocenters. The number of benzene rings is 3. The molecule has 40 heavy (non-hydrogen) atoms. The third-order valence-corrected chi connectivity index (χ3v) is 6.80. The first-order valence-electron chi connectivity index (χ1n) is 12.0. The summed E-state index contributed by atoms with van der Waals surface area (Å²) in [4.78, 5) is 78.2. The number of hydrogen-bond acceptors (Lipinski definition) is 8. The zero-order valence-corrected chi connectivity index (χ0v) is 20.6. The molecule has 2 aliphatic heterocycles. The van der Waals surface area contributed by atoms with E-state index >= 15 is 0 Å². The number of fused-ring (bicyclic) bond motifs is 2. The lowest BCUT2D eigenvalue weighted by Crippen LogP contribution is -2.31. The molecular weight excluding hydrogens is 524 g/mol. The fraction of sp³-hybridized carbons (Fsp3) is 0.143. The molecule has 0 radical (unpaired) electrons. The number of hydrogen-bond donors (Lipinski definition) is 4. The number of imide groups is 2. The molecule has 0 spiro atoms. The van der Waals surface area contributed by atoms with E-state index in [1.54, 1.807) is 0 Å². The molecule has 3 aromatic carbocycles. The second-order valence-electron chi connectivity index (χ2n) is 9.04. The molecule has 4 amide bonds. The Labute approximate surface area is 225 Å². The molecule has 0 aromatic heterocycles. The largest absolute Gasteiger partial charge is 0.478 e. The number of amides is 4. The van der Waals surface area contributed by atoms with Gasteiger partial charge in [-0.1, -0.05) is 6.07 Å². The normalized spacial score (nSPS) is 14.2. The molecule has 4 N–H and O–H groups in total. The number of carboxylic acids is 2. The lowest BCUT2D eigenvalue weighted by atomic mass is 9.89. The monoisotopic (exact) mass is 544 g/mol. The van der Waals surface area contributed by atoms with Crippen molar-refractivity contribution in [2.45, 2.75) is 12.8 Å². The molecule has 0 bridgehead atoms. The van der Waals surface area contributed by atoms with Gasteiger partial charge in [0.25, 0.3) is 23.6 Å². The quantitative estimate of drug-likeness (QED) is 0.304. The van der Waals surface area contributed by atoms with Gasteiger partial charge in [0.1, 0.15) is 0 Å². The molecule has 0 saturated carbocycles. The van der Waals surface area contributed by atoms with Crippen molar-refractivity contribution in [3.8, 4) is 0 Å². The summed E-state index contributed by atoms with van der Waals surface area (Å²) in [7, 11) is 0. The fourth-order valence-electron chi connectivity index (χ4n) is 5.10. The molecule has 0 aliphatic carbocycles. The number of anilines is 2. The highest BCUT2D eigenvalue weighted by Crippen LogP contribution is 2.37. The molecule has 0 fully saturated rings. The van der Waals surface area contributed by atoms with Crippen LogP contribution in [0.1, 0.15) is 73.3 Å². The molecule has 0 atom stereocenters. The Morgan fingerprint density at radius 1 is 0.650 bits per heavy atom. The second kappa shape index (κ2) is 9.84. The first kappa shape index (κ1) is 26.4. The van der Waals surface area contributed by atoms with E-state index in [0.717, 1.165) is 15.9 Å². The van der Waals surface area contributed by atoms with Gasteiger partial charge in [0.05, 0.1) is 44.8 Å². The van der Waals surface area contributed by atoms with E-state index in [9.17, 15) is 49.2 Å². The van der Waals surface area contributed by atoms with E-state index in [0.29, 0.717) is 0 Å². The third kappa shape index (κ3) is 3.94. The van der Waals surface area contributed by atoms with Crippen molar-refractivity contribution >= 4 is 46.9 Å². The number of aliphatic hydroxyl groups is 2. The van der Waals surface area contributed by atoms with Crippen molar-refractivity contribution in [1.29, 1.82) is 0 Å². The number of nitrogens with zero attached hydrogens (tertiary/aromatic N) is 2. The van der Waals surface area contributed by atoms with Crippen LogP contribution in [-0.2, 0) is 12.8 Å². The molecule has 202 valence electrons. The Hall–Kier alpha value is -5.20. The van der Waals surface area contributed by atoms with Crippen LogP contribution in [0.4, 0.5) is 11.4 Å². The lowest BCUT2D eigenvalue weighted by molar-refractivity contribution is 0.0684. The van der Waals surface area contributed by atoms with E-state index in [1.807, 2.05) is 0 Å². The van der Waals surface area contributed by atoms with Gasteiger partial charge in [-0.25, -0.2) is 19.4 Å². The van der Waals surface area contributed by atoms with E-state index < -0.39 is 48.8 Å². The van der Waals surface area contributed by atoms with E-state index in [1.165, 1.54) is 42.5 Å². The van der Waals surface area contributed by atoms with Gasteiger partial charge < -0.3 is 20.4 Å². The number of aromatic carboxylic acids is 2. The standard InChI is InChI=1S/C28H20N2O10/c31-8-6-13-10-20-22(18(7-9-32)21(13)28(39)40)26(36)30(25(20)35)16-3-1-2-15(12-16)29-23(33)17-5-4-14(27(37)38)11-19(17)24(29)34/h1-5,10-12,31-32H,6-9H2,(H,37,38)(H,39,40). The van der Waals surface area contributed by atoms with Gasteiger partial charge in [0, 0.05) is 13.2 Å². The molecule has 12 heteroatoms. The molecule has 3 aromatic rings. The minimum absolute atomic E-state index is 0.00704. The molecule has 2 aliphatic rings. The molecular formula is C28H20N2O10. The average Bonchev–Trinajstić information content (AvgIpc) is 3.32. The Bertz CT molecular complexity index is 1680. The zero-order valence-electron chi connectivity index (χ0n) is 20.6. The number of carbonyl (C=O) groups excluding carboxylic acids is 4. The highest BCUT2D eigenvalue weighted by atomic mass is 16.4. The SMILES string of the molecule is O=C(O)c1ccc2c(c1)C(=O)N(c1cccc(N3C(=O)c4cc(CCO)c(C(=O)O)c(CCO)c4C3=O)c1)C2=O. The smallest absolute Gasteiger partial charge is 0.336 e. The van der Waals surface area contributed by atoms with Crippen LogP contribution in [0.3, 0.4) is 0 Å². The molecule has 5 rings (SSSR count). The minimum atomic E-state index is -1.38. The summed E-state index contributed by atoms with van der Waals surface area (Å²) in [6.07, 6.45) is -0.336. The van der Waals surface area contributed by atoms with Gasteiger partial charge in [0.2, 0.25) is 0 Å². The number of carbonyl (C=O) groups is 6. The van der Waals surface area contributed by atoms with Crippen LogP contribution >= 0.6 is 0 Å². The van der Waals surface area contributed by atoms with Crippen LogP contribution in [0.2, 0.25) is 0 Å². The number of carboxylic acid groups (broad SMARTS) is 2. The van der Waals surface area contributed by atoms with E-state index in [2.05, 4.69) is 0 Å². The summed E-state index contributed by atoms with van der Waals surface area (Å²) >= 11 is 0. The Morgan fingerprint density at radius 2 is 1.25 bits per heavy atom. The lowest BCUT2D eigenvalue weighted by Gasteiger charge is -2.19. The molecule has 0 saturated heterocycles. The first-order chi connectivity index (χ1) is 19.1. The predicted octanol–water partition coefficient (Wildman–Crippen LogP) is 1.75. The van der Waals surface area contributed by atoms with Crippen molar-refractivity contribution in [1.82, 2.24) is 0 Å². The van der Waals surface area contributed by atoms with Crippen molar-refractivity contribution < 1.29 is 49.2 Å². The van der Waals surface area contributed by atoms with Crippen LogP contribution in [0, 0.1) is 0 Å². The van der Waals surface area contributed by atoms with Crippen LogP contribution < -0.4 is 9.80 Å². The highest BCUT2D eigenvalue weighted by Gasteiger charge is 2.42. The summed E-state index contributed by atoms with van der Waals surface area (Å²) in [5.41, 5.74) is -0.772. The minimum Gasteiger partial charge on any atom is -0.478 e. The topological polar surface area (TPSA) is 190 Å².